The van der Waals surface area contributed by atoms with Gasteiger partial charge in [-0.2, -0.15) is 0 Å². The molecule has 0 radical (unpaired) electrons. The summed E-state index contributed by atoms with van der Waals surface area (Å²) < 4.78 is 0. The molecule has 1 aliphatic heterocycles. The van der Waals surface area contributed by atoms with Crippen LogP contribution in [0.1, 0.15) is 25.8 Å². The second kappa shape index (κ2) is 4.05. The van der Waals surface area contributed by atoms with Crippen LogP contribution in [0.3, 0.4) is 0 Å². The summed E-state index contributed by atoms with van der Waals surface area (Å²) >= 11 is 0. The van der Waals surface area contributed by atoms with Crippen molar-refractivity contribution in [2.45, 2.75) is 32.7 Å². The number of hydrogen-bond donors (Lipinski definition) is 0. The molecule has 0 aliphatic carbocycles. The molecule has 0 amide bonds. The summed E-state index contributed by atoms with van der Waals surface area (Å²) in [6.45, 7) is 4.96. The predicted octanol–water partition coefficient (Wildman–Crippen LogP) is 2.42. The Bertz CT molecular complexity index is 373. The summed E-state index contributed by atoms with van der Waals surface area (Å²) in [6.07, 6.45) is 1.52. The highest BCUT2D eigenvalue weighted by atomic mass is 16.1. The van der Waals surface area contributed by atoms with Gasteiger partial charge < -0.3 is 4.90 Å². The molecule has 0 saturated carbocycles. The highest BCUT2D eigenvalue weighted by molar-refractivity contribution is 5.89. The van der Waals surface area contributed by atoms with Crippen molar-refractivity contribution in [2.24, 2.45) is 0 Å². The fourth-order valence-electron chi connectivity index (χ4n) is 2.36. The van der Waals surface area contributed by atoms with E-state index in [4.69, 9.17) is 0 Å². The Kier molecular flexibility index (Phi) is 2.76. The Morgan fingerprint density at radius 3 is 2.80 bits per heavy atom. The number of Topliss-reactive ketones (excluding diaryl/α,β-unsaturated/α-hetero) is 1. The van der Waals surface area contributed by atoms with Gasteiger partial charge in [-0.1, -0.05) is 25.1 Å². The van der Waals surface area contributed by atoms with Gasteiger partial charge in [0.15, 0.2) is 5.78 Å². The van der Waals surface area contributed by atoms with Gasteiger partial charge in [0.2, 0.25) is 0 Å². The van der Waals surface area contributed by atoms with E-state index in [1.165, 1.54) is 11.3 Å². The fraction of sp³-hybridized carbons (Fsp3) is 0.462. The molecule has 0 fully saturated rings. The van der Waals surface area contributed by atoms with E-state index in [0.29, 0.717) is 12.2 Å². The molecule has 2 heteroatoms. The van der Waals surface area contributed by atoms with Crippen molar-refractivity contribution in [3.05, 3.63) is 29.8 Å². The minimum Gasteiger partial charge on any atom is -0.361 e. The lowest BCUT2D eigenvalue weighted by molar-refractivity contribution is -0.119. The van der Waals surface area contributed by atoms with Crippen molar-refractivity contribution < 1.29 is 4.79 Å². The molecule has 0 bridgehead atoms. The minimum absolute atomic E-state index is 0.0809. The van der Waals surface area contributed by atoms with Crippen LogP contribution in [0.15, 0.2) is 24.3 Å². The van der Waals surface area contributed by atoms with Gasteiger partial charge in [0.25, 0.3) is 0 Å². The van der Waals surface area contributed by atoms with Gasteiger partial charge in [-0.3, -0.25) is 4.79 Å². The van der Waals surface area contributed by atoms with Crippen LogP contribution in [-0.4, -0.2) is 18.4 Å². The van der Waals surface area contributed by atoms with Crippen molar-refractivity contribution in [2.75, 3.05) is 11.4 Å². The zero-order valence-corrected chi connectivity index (χ0v) is 9.36. The Morgan fingerprint density at radius 1 is 1.40 bits per heavy atom. The molecule has 1 aromatic carbocycles. The van der Waals surface area contributed by atoms with E-state index in [1.807, 2.05) is 19.1 Å². The Hall–Kier alpha value is -1.31. The van der Waals surface area contributed by atoms with Crippen molar-refractivity contribution in [1.29, 1.82) is 0 Å². The first kappa shape index (κ1) is 10.2. The van der Waals surface area contributed by atoms with Crippen LogP contribution in [0.5, 0.6) is 0 Å². The number of fused-ring (bicyclic) bond motifs is 1. The largest absolute Gasteiger partial charge is 0.361 e. The summed E-state index contributed by atoms with van der Waals surface area (Å²) in [5.74, 6) is 0.355. The summed E-state index contributed by atoms with van der Waals surface area (Å²) in [4.78, 5) is 14.0. The van der Waals surface area contributed by atoms with Crippen molar-refractivity contribution in [1.82, 2.24) is 0 Å². The van der Waals surface area contributed by atoms with E-state index in [9.17, 15) is 4.79 Å². The van der Waals surface area contributed by atoms with E-state index in [2.05, 4.69) is 24.0 Å². The number of rotatable bonds is 3. The summed E-state index contributed by atoms with van der Waals surface area (Å²) in [5, 5.41) is 0. The van der Waals surface area contributed by atoms with Gasteiger partial charge >= 0.3 is 0 Å². The lowest BCUT2D eigenvalue weighted by atomic mass is 10.1. The minimum atomic E-state index is 0.0809. The van der Waals surface area contributed by atoms with E-state index < -0.39 is 0 Å². The smallest absolute Gasteiger partial charge is 0.155 e. The maximum atomic E-state index is 11.8. The molecule has 0 spiro atoms. The summed E-state index contributed by atoms with van der Waals surface area (Å²) in [6, 6.07) is 8.41. The van der Waals surface area contributed by atoms with Crippen LogP contribution in [0, 0.1) is 0 Å². The Morgan fingerprint density at radius 2 is 2.13 bits per heavy atom. The van der Waals surface area contributed by atoms with Crippen molar-refractivity contribution in [3.8, 4) is 0 Å². The molecular weight excluding hydrogens is 186 g/mol. The third-order valence-corrected chi connectivity index (χ3v) is 3.15. The topological polar surface area (TPSA) is 20.3 Å². The molecule has 0 aromatic heterocycles. The summed E-state index contributed by atoms with van der Waals surface area (Å²) in [7, 11) is 0. The molecule has 2 rings (SSSR count). The molecular formula is C13H17NO. The van der Waals surface area contributed by atoms with E-state index in [0.717, 1.165) is 13.0 Å². The molecule has 0 saturated heterocycles. The van der Waals surface area contributed by atoms with E-state index in [1.54, 1.807) is 0 Å². The standard InChI is InChI=1S/C13H17NO/c1-3-13(15)12-9-10-7-5-6-8-11(10)14(12)4-2/h5-8,12H,3-4,9H2,1-2H3. The first-order chi connectivity index (χ1) is 7.27. The monoisotopic (exact) mass is 203 g/mol. The highest BCUT2D eigenvalue weighted by Gasteiger charge is 2.31. The van der Waals surface area contributed by atoms with Crippen LogP contribution >= 0.6 is 0 Å². The fourth-order valence-corrected chi connectivity index (χ4v) is 2.36. The van der Waals surface area contributed by atoms with Crippen molar-refractivity contribution in [3.63, 3.8) is 0 Å². The number of para-hydroxylation sites is 1. The third kappa shape index (κ3) is 1.65. The molecule has 1 aromatic rings. The number of nitrogens with zero attached hydrogens (tertiary/aromatic N) is 1. The quantitative estimate of drug-likeness (QED) is 0.752. The number of carbonyl (C=O) groups is 1. The Balaban J connectivity index is 2.32. The number of hydrogen-bond acceptors (Lipinski definition) is 2. The molecule has 1 atom stereocenters. The first-order valence-corrected chi connectivity index (χ1v) is 5.65. The number of anilines is 1. The Labute approximate surface area is 90.9 Å². The number of benzene rings is 1. The van der Waals surface area contributed by atoms with Crippen LogP contribution in [-0.2, 0) is 11.2 Å². The van der Waals surface area contributed by atoms with Crippen LogP contribution in [0.4, 0.5) is 5.69 Å². The zero-order chi connectivity index (χ0) is 10.8. The number of carbonyl (C=O) groups excluding carboxylic acids is 1. The molecule has 1 heterocycles. The van der Waals surface area contributed by atoms with Gasteiger partial charge in [-0.15, -0.1) is 0 Å². The lowest BCUT2D eigenvalue weighted by Gasteiger charge is -2.24. The van der Waals surface area contributed by atoms with Gasteiger partial charge in [-0.25, -0.2) is 0 Å². The van der Waals surface area contributed by atoms with Gasteiger partial charge in [0.05, 0.1) is 6.04 Å². The predicted molar refractivity (Wildman–Crippen MR) is 62.3 cm³/mol. The molecule has 15 heavy (non-hydrogen) atoms. The molecule has 2 nitrogen and oxygen atoms in total. The van der Waals surface area contributed by atoms with Crippen LogP contribution in [0.2, 0.25) is 0 Å². The van der Waals surface area contributed by atoms with E-state index >= 15 is 0 Å². The van der Waals surface area contributed by atoms with Gasteiger partial charge in [0, 0.05) is 25.1 Å². The summed E-state index contributed by atoms with van der Waals surface area (Å²) in [5.41, 5.74) is 2.55. The lowest BCUT2D eigenvalue weighted by Crippen LogP contribution is -2.38. The second-order valence-corrected chi connectivity index (χ2v) is 3.95. The first-order valence-electron chi connectivity index (χ1n) is 5.65. The highest BCUT2D eigenvalue weighted by Crippen LogP contribution is 2.32. The third-order valence-electron chi connectivity index (χ3n) is 3.15. The maximum Gasteiger partial charge on any atom is 0.155 e. The normalized spacial score (nSPS) is 19.1. The van der Waals surface area contributed by atoms with Crippen molar-refractivity contribution >= 4 is 11.5 Å². The SMILES string of the molecule is CCC(=O)C1Cc2ccccc2N1CC. The molecule has 1 unspecified atom stereocenters. The average molecular weight is 203 g/mol. The second-order valence-electron chi connectivity index (χ2n) is 3.95. The maximum absolute atomic E-state index is 11.8. The van der Waals surface area contributed by atoms with Crippen LogP contribution < -0.4 is 4.90 Å². The number of likely N-dealkylation sites (N-methyl/N-ethyl adjacent to an activating group) is 1. The average Bonchev–Trinajstić information content (AvgIpc) is 2.66. The van der Waals surface area contributed by atoms with Gasteiger partial charge in [-0.05, 0) is 18.6 Å². The van der Waals surface area contributed by atoms with E-state index in [-0.39, 0.29) is 6.04 Å². The zero-order valence-electron chi connectivity index (χ0n) is 9.36. The van der Waals surface area contributed by atoms with Gasteiger partial charge in [0.1, 0.15) is 0 Å². The van der Waals surface area contributed by atoms with Crippen LogP contribution in [0.25, 0.3) is 0 Å². The number of ketones is 1. The molecule has 0 N–H and O–H groups in total. The molecule has 1 aliphatic rings. The molecule has 80 valence electrons.